The van der Waals surface area contributed by atoms with Crippen molar-refractivity contribution in [3.05, 3.63) is 17.7 Å². The quantitative estimate of drug-likeness (QED) is 0.340. The second-order valence-electron chi connectivity index (χ2n) is 7.25. The average Bonchev–Trinajstić information content (AvgIpc) is 2.66. The molecule has 0 saturated carbocycles. The number of hydrogen-bond donors (Lipinski definition) is 1. The van der Waals surface area contributed by atoms with Gasteiger partial charge in [-0.2, -0.15) is 0 Å². The van der Waals surface area contributed by atoms with Crippen molar-refractivity contribution in [1.82, 2.24) is 15.1 Å². The van der Waals surface area contributed by atoms with Gasteiger partial charge in [0.05, 0.1) is 25.4 Å². The first-order valence-corrected chi connectivity index (χ1v) is 9.94. The molecule has 0 spiro atoms. The van der Waals surface area contributed by atoms with Crippen molar-refractivity contribution in [3.8, 4) is 17.2 Å². The van der Waals surface area contributed by atoms with E-state index in [1.165, 1.54) is 0 Å². The highest BCUT2D eigenvalue weighted by atomic mass is 16.5. The van der Waals surface area contributed by atoms with E-state index in [9.17, 15) is 4.79 Å². The lowest BCUT2D eigenvalue weighted by Crippen LogP contribution is -2.17. The van der Waals surface area contributed by atoms with Gasteiger partial charge in [-0.05, 0) is 73.2 Å². The fourth-order valence-electron chi connectivity index (χ4n) is 2.59. The van der Waals surface area contributed by atoms with Crippen LogP contribution in [0.2, 0.25) is 0 Å². The van der Waals surface area contributed by atoms with E-state index in [1.807, 2.05) is 35.2 Å². The number of benzene rings is 1. The first-order valence-electron chi connectivity index (χ1n) is 9.94. The van der Waals surface area contributed by atoms with E-state index in [2.05, 4.69) is 15.1 Å². The highest BCUT2D eigenvalue weighted by molar-refractivity contribution is 5.82. The Kier molecular flexibility index (Phi) is 12.3. The van der Waals surface area contributed by atoms with E-state index in [0.29, 0.717) is 42.6 Å². The maximum absolute atomic E-state index is 11.5. The molecule has 1 aromatic rings. The Morgan fingerprint density at radius 3 is 2.00 bits per heavy atom. The first-order chi connectivity index (χ1) is 13.5. The van der Waals surface area contributed by atoms with Gasteiger partial charge in [0, 0.05) is 13.1 Å². The maximum atomic E-state index is 11.5. The molecule has 160 valence electrons. The van der Waals surface area contributed by atoms with E-state index >= 15 is 0 Å². The molecule has 1 aromatic carbocycles. The zero-order valence-electron chi connectivity index (χ0n) is 18.1. The van der Waals surface area contributed by atoms with Crippen molar-refractivity contribution in [1.29, 1.82) is 0 Å². The Morgan fingerprint density at radius 2 is 1.43 bits per heavy atom. The second-order valence-corrected chi connectivity index (χ2v) is 7.25. The summed E-state index contributed by atoms with van der Waals surface area (Å²) in [5.74, 6) is 1.62. The summed E-state index contributed by atoms with van der Waals surface area (Å²) >= 11 is 0. The molecule has 0 aliphatic heterocycles. The zero-order chi connectivity index (χ0) is 20.8. The molecule has 1 N–H and O–H groups in total. The Balaban J connectivity index is 2.91. The lowest BCUT2D eigenvalue weighted by molar-refractivity contribution is 0.111. The van der Waals surface area contributed by atoms with Crippen molar-refractivity contribution in [3.63, 3.8) is 0 Å². The molecule has 0 aromatic heterocycles. The summed E-state index contributed by atoms with van der Waals surface area (Å²) in [5, 5.41) is 3.09. The maximum Gasteiger partial charge on any atom is 0.204 e. The van der Waals surface area contributed by atoms with Crippen LogP contribution in [0.1, 0.15) is 29.6 Å². The van der Waals surface area contributed by atoms with Crippen LogP contribution in [0.5, 0.6) is 17.2 Å². The van der Waals surface area contributed by atoms with Gasteiger partial charge in [0.2, 0.25) is 5.75 Å². The van der Waals surface area contributed by atoms with Crippen LogP contribution in [0.3, 0.4) is 0 Å². The van der Waals surface area contributed by atoms with E-state index < -0.39 is 0 Å². The predicted octanol–water partition coefficient (Wildman–Crippen LogP) is 2.15. The molecular formula is C21H37N3O4. The molecule has 0 radical (unpaired) electrons. The van der Waals surface area contributed by atoms with Crippen LogP contribution in [0.15, 0.2) is 12.1 Å². The molecule has 0 saturated heterocycles. The van der Waals surface area contributed by atoms with Gasteiger partial charge < -0.3 is 29.3 Å². The van der Waals surface area contributed by atoms with Crippen molar-refractivity contribution < 1.29 is 19.0 Å². The molecule has 0 heterocycles. The summed E-state index contributed by atoms with van der Waals surface area (Å²) in [5.41, 5.74) is 0.479. The van der Waals surface area contributed by atoms with Gasteiger partial charge in [0.1, 0.15) is 0 Å². The molecule has 7 heteroatoms. The number of carbonyl (C=O) groups excluding carboxylic acids is 1. The van der Waals surface area contributed by atoms with Crippen LogP contribution in [-0.2, 0) is 0 Å². The Morgan fingerprint density at radius 1 is 0.857 bits per heavy atom. The van der Waals surface area contributed by atoms with Crippen molar-refractivity contribution in [2.24, 2.45) is 0 Å². The van der Waals surface area contributed by atoms with Gasteiger partial charge >= 0.3 is 0 Å². The number of nitrogens with zero attached hydrogens (tertiary/aromatic N) is 2. The summed E-state index contributed by atoms with van der Waals surface area (Å²) in [6.45, 7) is 4.31. The van der Waals surface area contributed by atoms with Crippen LogP contribution in [0, 0.1) is 0 Å². The van der Waals surface area contributed by atoms with Crippen LogP contribution >= 0.6 is 0 Å². The van der Waals surface area contributed by atoms with Crippen molar-refractivity contribution >= 4 is 6.29 Å². The molecule has 0 aliphatic carbocycles. The van der Waals surface area contributed by atoms with Gasteiger partial charge in [-0.15, -0.1) is 0 Å². The van der Waals surface area contributed by atoms with E-state index in [-0.39, 0.29) is 0 Å². The normalized spacial score (nSPS) is 11.1. The Labute approximate surface area is 169 Å². The summed E-state index contributed by atoms with van der Waals surface area (Å²) in [6.07, 6.45) is 3.41. The molecule has 0 unspecified atom stereocenters. The van der Waals surface area contributed by atoms with Crippen LogP contribution < -0.4 is 19.5 Å². The van der Waals surface area contributed by atoms with E-state index in [1.54, 1.807) is 12.1 Å². The second kappa shape index (κ2) is 14.2. The number of carbonyl (C=O) groups is 1. The summed E-state index contributed by atoms with van der Waals surface area (Å²) in [6, 6.07) is 3.52. The molecular weight excluding hydrogens is 358 g/mol. The third kappa shape index (κ3) is 9.39. The molecule has 1 rings (SSSR count). The van der Waals surface area contributed by atoms with E-state index in [4.69, 9.17) is 14.2 Å². The SMILES string of the molecule is CNCCCOc1c(C=O)ccc(OCCCN(C)C)c1OCCCN(C)C. The topological polar surface area (TPSA) is 63.3 Å². The molecule has 0 fully saturated rings. The predicted molar refractivity (Wildman–Crippen MR) is 113 cm³/mol. The standard InChI is InChI=1S/C21H37N3O4/c1-22-11-6-14-27-20-18(17-25)9-10-19(26-15-7-12-23(2)3)21(20)28-16-8-13-24(4)5/h9-10,17,22H,6-8,11-16H2,1-5H3. The Hall–Kier alpha value is -1.83. The number of nitrogens with one attached hydrogen (secondary N) is 1. The smallest absolute Gasteiger partial charge is 0.204 e. The lowest BCUT2D eigenvalue weighted by Gasteiger charge is -2.19. The van der Waals surface area contributed by atoms with Crippen LogP contribution in [-0.4, -0.2) is 90.8 Å². The molecule has 0 bridgehead atoms. The largest absolute Gasteiger partial charge is 0.489 e. The van der Waals surface area contributed by atoms with Gasteiger partial charge in [0.15, 0.2) is 17.8 Å². The molecule has 28 heavy (non-hydrogen) atoms. The number of ether oxygens (including phenoxy) is 3. The van der Waals surface area contributed by atoms with Gasteiger partial charge in [0.25, 0.3) is 0 Å². The van der Waals surface area contributed by atoms with E-state index in [0.717, 1.165) is 45.2 Å². The summed E-state index contributed by atoms with van der Waals surface area (Å²) in [7, 11) is 10.0. The van der Waals surface area contributed by atoms with Gasteiger partial charge in [-0.3, -0.25) is 4.79 Å². The number of aldehydes is 1. The van der Waals surface area contributed by atoms with Crippen LogP contribution in [0.25, 0.3) is 0 Å². The average molecular weight is 396 g/mol. The van der Waals surface area contributed by atoms with Gasteiger partial charge in [-0.1, -0.05) is 0 Å². The van der Waals surface area contributed by atoms with Crippen molar-refractivity contribution in [2.45, 2.75) is 19.3 Å². The minimum Gasteiger partial charge on any atom is -0.489 e. The number of rotatable bonds is 16. The summed E-state index contributed by atoms with van der Waals surface area (Å²) < 4.78 is 17.9. The molecule has 0 atom stereocenters. The van der Waals surface area contributed by atoms with Gasteiger partial charge in [-0.25, -0.2) is 0 Å². The third-order valence-corrected chi connectivity index (χ3v) is 4.05. The zero-order valence-corrected chi connectivity index (χ0v) is 18.1. The lowest BCUT2D eigenvalue weighted by atomic mass is 10.2. The highest BCUT2D eigenvalue weighted by Crippen LogP contribution is 2.40. The Bertz CT molecular complexity index is 565. The highest BCUT2D eigenvalue weighted by Gasteiger charge is 2.18. The monoisotopic (exact) mass is 395 g/mol. The first kappa shape index (κ1) is 24.2. The van der Waals surface area contributed by atoms with Crippen molar-refractivity contribution in [2.75, 3.05) is 74.7 Å². The summed E-state index contributed by atoms with van der Waals surface area (Å²) in [4.78, 5) is 15.8. The number of hydrogen-bond acceptors (Lipinski definition) is 7. The molecule has 7 nitrogen and oxygen atoms in total. The fourth-order valence-corrected chi connectivity index (χ4v) is 2.59. The minimum atomic E-state index is 0.473. The third-order valence-electron chi connectivity index (χ3n) is 4.05. The fraction of sp³-hybridized carbons (Fsp3) is 0.667. The molecule has 0 aliphatic rings. The van der Waals surface area contributed by atoms with Crippen LogP contribution in [0.4, 0.5) is 0 Å². The minimum absolute atomic E-state index is 0.473. The molecule has 0 amide bonds.